The zero-order valence-electron chi connectivity index (χ0n) is 17.0. The van der Waals surface area contributed by atoms with Gasteiger partial charge in [0.2, 0.25) is 0 Å². The van der Waals surface area contributed by atoms with Crippen LogP contribution in [0.25, 0.3) is 11.4 Å². The Hall–Kier alpha value is -3.13. The first-order valence-electron chi connectivity index (χ1n) is 9.68. The van der Waals surface area contributed by atoms with Gasteiger partial charge in [-0.15, -0.1) is 10.2 Å². The summed E-state index contributed by atoms with van der Waals surface area (Å²) in [6.07, 6.45) is 0. The Kier molecular flexibility index (Phi) is 5.59. The number of benzene rings is 2. The fourth-order valence-corrected chi connectivity index (χ4v) is 4.44. The van der Waals surface area contributed by atoms with Crippen LogP contribution in [0.3, 0.4) is 0 Å². The van der Waals surface area contributed by atoms with E-state index < -0.39 is 0 Å². The molecule has 0 radical (unpaired) electrons. The van der Waals surface area contributed by atoms with Gasteiger partial charge in [-0.1, -0.05) is 23.9 Å². The van der Waals surface area contributed by atoms with E-state index in [0.29, 0.717) is 23.4 Å². The molecule has 154 valence electrons. The van der Waals surface area contributed by atoms with Gasteiger partial charge in [0.25, 0.3) is 11.8 Å². The molecule has 0 saturated carbocycles. The molecule has 0 fully saturated rings. The van der Waals surface area contributed by atoms with Gasteiger partial charge in [0.15, 0.2) is 11.0 Å². The average molecular weight is 423 g/mol. The van der Waals surface area contributed by atoms with Crippen LogP contribution in [0, 0.1) is 0 Å². The molecular formula is C22H22N4O3S. The quantitative estimate of drug-likeness (QED) is 0.424. The van der Waals surface area contributed by atoms with E-state index in [9.17, 15) is 9.59 Å². The summed E-state index contributed by atoms with van der Waals surface area (Å²) < 4.78 is 7.29. The van der Waals surface area contributed by atoms with Crippen molar-refractivity contribution in [2.24, 2.45) is 0 Å². The molecule has 0 saturated heterocycles. The van der Waals surface area contributed by atoms with Crippen LogP contribution >= 0.6 is 11.8 Å². The molecule has 1 aliphatic rings. The first kappa shape index (κ1) is 20.2. The number of fused-ring (bicyclic) bond motifs is 1. The molecule has 7 nitrogen and oxygen atoms in total. The van der Waals surface area contributed by atoms with Gasteiger partial charge in [0, 0.05) is 23.9 Å². The Morgan fingerprint density at radius 1 is 0.967 bits per heavy atom. The lowest BCUT2D eigenvalue weighted by molar-refractivity contribution is 0.0664. The third-order valence-corrected chi connectivity index (χ3v) is 5.88. The number of rotatable bonds is 7. The van der Waals surface area contributed by atoms with E-state index in [1.165, 1.54) is 16.7 Å². The fourth-order valence-electron chi connectivity index (χ4n) is 3.45. The zero-order valence-corrected chi connectivity index (χ0v) is 17.8. The minimum Gasteiger partial charge on any atom is -0.497 e. The lowest BCUT2D eigenvalue weighted by Crippen LogP contribution is -2.31. The van der Waals surface area contributed by atoms with Crippen molar-refractivity contribution in [2.75, 3.05) is 19.4 Å². The Balaban J connectivity index is 1.48. The van der Waals surface area contributed by atoms with Crippen LogP contribution < -0.4 is 4.74 Å². The molecule has 0 unspecified atom stereocenters. The molecule has 0 bridgehead atoms. The predicted octanol–water partition coefficient (Wildman–Crippen LogP) is 3.92. The van der Waals surface area contributed by atoms with Gasteiger partial charge in [0.05, 0.1) is 18.2 Å². The molecular weight excluding hydrogens is 400 g/mol. The van der Waals surface area contributed by atoms with E-state index in [1.54, 1.807) is 31.4 Å². The summed E-state index contributed by atoms with van der Waals surface area (Å²) in [6.45, 7) is 4.47. The molecule has 4 rings (SSSR count). The number of aromatic nitrogens is 3. The number of methoxy groups -OCH3 is 1. The minimum absolute atomic E-state index is 0.152. The minimum atomic E-state index is -0.236. The van der Waals surface area contributed by atoms with Crippen molar-refractivity contribution in [1.29, 1.82) is 0 Å². The Labute approximate surface area is 179 Å². The lowest BCUT2D eigenvalue weighted by atomic mass is 10.1. The second-order valence-electron chi connectivity index (χ2n) is 7.15. The number of carbonyl (C=O) groups excluding carboxylic acids is 2. The van der Waals surface area contributed by atoms with Gasteiger partial charge in [-0.3, -0.25) is 19.1 Å². The Bertz CT molecular complexity index is 1060. The number of thioether (sulfide) groups is 1. The third-order valence-electron chi connectivity index (χ3n) is 4.95. The molecule has 0 aliphatic carbocycles. The van der Waals surface area contributed by atoms with Gasteiger partial charge < -0.3 is 4.74 Å². The van der Waals surface area contributed by atoms with Crippen LogP contribution in [0.4, 0.5) is 0 Å². The first-order valence-corrected chi connectivity index (χ1v) is 10.7. The van der Waals surface area contributed by atoms with Gasteiger partial charge in [-0.05, 0) is 50.2 Å². The predicted molar refractivity (Wildman–Crippen MR) is 115 cm³/mol. The second kappa shape index (κ2) is 8.31. The van der Waals surface area contributed by atoms with Gasteiger partial charge in [-0.2, -0.15) is 0 Å². The molecule has 1 aromatic heterocycles. The van der Waals surface area contributed by atoms with Crippen LogP contribution in [-0.2, 0) is 0 Å². The number of hydrogen-bond donors (Lipinski definition) is 0. The van der Waals surface area contributed by atoms with Gasteiger partial charge >= 0.3 is 0 Å². The number of nitrogens with zero attached hydrogens (tertiary/aromatic N) is 4. The standard InChI is InChI=1S/C22H22N4O3S/c1-14(2)26-19(15-8-10-16(29-3)11-9-15)23-24-22(26)30-13-12-25-20(27)17-6-4-5-7-18(17)21(25)28/h4-11,14H,12-13H2,1-3H3. The topological polar surface area (TPSA) is 77.3 Å². The normalized spacial score (nSPS) is 13.3. The maximum atomic E-state index is 12.5. The molecule has 0 atom stereocenters. The summed E-state index contributed by atoms with van der Waals surface area (Å²) in [4.78, 5) is 26.3. The van der Waals surface area contributed by atoms with Crippen LogP contribution in [0.1, 0.15) is 40.6 Å². The molecule has 8 heteroatoms. The van der Waals surface area contributed by atoms with Crippen molar-refractivity contribution >= 4 is 23.6 Å². The van der Waals surface area contributed by atoms with Crippen molar-refractivity contribution in [1.82, 2.24) is 19.7 Å². The van der Waals surface area contributed by atoms with Crippen LogP contribution in [0.5, 0.6) is 5.75 Å². The number of amides is 2. The van der Waals surface area contributed by atoms with Crippen molar-refractivity contribution < 1.29 is 14.3 Å². The van der Waals surface area contributed by atoms with Crippen LogP contribution in [0.15, 0.2) is 53.7 Å². The molecule has 3 aromatic rings. The maximum Gasteiger partial charge on any atom is 0.261 e. The van der Waals surface area contributed by atoms with Crippen LogP contribution in [-0.4, -0.2) is 50.9 Å². The SMILES string of the molecule is COc1ccc(-c2nnc(SCCN3C(=O)c4ccccc4C3=O)n2C(C)C)cc1. The molecule has 2 heterocycles. The summed E-state index contributed by atoms with van der Waals surface area (Å²) in [5, 5.41) is 9.49. The van der Waals surface area contributed by atoms with E-state index >= 15 is 0 Å². The van der Waals surface area contributed by atoms with E-state index in [-0.39, 0.29) is 17.9 Å². The second-order valence-corrected chi connectivity index (χ2v) is 8.22. The Morgan fingerprint density at radius 3 is 2.17 bits per heavy atom. The molecule has 2 aromatic carbocycles. The largest absolute Gasteiger partial charge is 0.497 e. The summed E-state index contributed by atoms with van der Waals surface area (Å²) in [5.74, 6) is 1.63. The molecule has 0 spiro atoms. The van der Waals surface area contributed by atoms with E-state index in [2.05, 4.69) is 28.6 Å². The van der Waals surface area contributed by atoms with E-state index in [1.807, 2.05) is 24.3 Å². The van der Waals surface area contributed by atoms with Gasteiger partial charge in [-0.25, -0.2) is 0 Å². The average Bonchev–Trinajstić information content (AvgIpc) is 3.29. The van der Waals surface area contributed by atoms with E-state index in [4.69, 9.17) is 4.74 Å². The monoisotopic (exact) mass is 422 g/mol. The highest BCUT2D eigenvalue weighted by Gasteiger charge is 2.34. The third kappa shape index (κ3) is 3.59. The maximum absolute atomic E-state index is 12.5. The molecule has 1 aliphatic heterocycles. The molecule has 0 N–H and O–H groups in total. The molecule has 2 amide bonds. The highest BCUT2D eigenvalue weighted by Crippen LogP contribution is 2.29. The number of carbonyl (C=O) groups is 2. The highest BCUT2D eigenvalue weighted by molar-refractivity contribution is 7.99. The number of ether oxygens (including phenoxy) is 1. The number of hydrogen-bond acceptors (Lipinski definition) is 6. The first-order chi connectivity index (χ1) is 14.5. The smallest absolute Gasteiger partial charge is 0.261 e. The van der Waals surface area contributed by atoms with Crippen molar-refractivity contribution in [3.8, 4) is 17.1 Å². The summed E-state index contributed by atoms with van der Waals surface area (Å²) in [7, 11) is 1.63. The summed E-state index contributed by atoms with van der Waals surface area (Å²) in [6, 6.07) is 14.8. The summed E-state index contributed by atoms with van der Waals surface area (Å²) >= 11 is 1.49. The van der Waals surface area contributed by atoms with Crippen molar-refractivity contribution in [2.45, 2.75) is 25.0 Å². The van der Waals surface area contributed by atoms with E-state index in [0.717, 1.165) is 22.3 Å². The molecule has 30 heavy (non-hydrogen) atoms. The lowest BCUT2D eigenvalue weighted by Gasteiger charge is -2.16. The highest BCUT2D eigenvalue weighted by atomic mass is 32.2. The van der Waals surface area contributed by atoms with Crippen LogP contribution in [0.2, 0.25) is 0 Å². The Morgan fingerprint density at radius 2 is 1.60 bits per heavy atom. The number of imide groups is 1. The summed E-state index contributed by atoms with van der Waals surface area (Å²) in [5.41, 5.74) is 1.89. The van der Waals surface area contributed by atoms with Crippen molar-refractivity contribution in [3.63, 3.8) is 0 Å². The van der Waals surface area contributed by atoms with Gasteiger partial charge in [0.1, 0.15) is 5.75 Å². The zero-order chi connectivity index (χ0) is 21.3. The van der Waals surface area contributed by atoms with Crippen molar-refractivity contribution in [3.05, 3.63) is 59.7 Å². The fraction of sp³-hybridized carbons (Fsp3) is 0.273.